The number of piperidine rings is 1. The number of hydrogen-bond acceptors (Lipinski definition) is 8. The molecule has 2 aliphatic rings. The number of hydrogen-bond donors (Lipinski definition) is 3. The van der Waals surface area contributed by atoms with Gasteiger partial charge in [-0.05, 0) is 67.6 Å². The van der Waals surface area contributed by atoms with E-state index in [1.165, 1.54) is 19.8 Å². The Morgan fingerprint density at radius 2 is 1.84 bits per heavy atom. The van der Waals surface area contributed by atoms with Crippen LogP contribution in [0.1, 0.15) is 53.4 Å². The number of aromatic amines is 1. The number of anilines is 1. The Morgan fingerprint density at radius 3 is 2.56 bits per heavy atom. The molecule has 1 aromatic heterocycles. The molecule has 2 unspecified atom stereocenters. The molecule has 0 radical (unpaired) electrons. The van der Waals surface area contributed by atoms with E-state index in [1.807, 2.05) is 18.2 Å². The van der Waals surface area contributed by atoms with Gasteiger partial charge in [-0.2, -0.15) is 0 Å². The fraction of sp³-hybridized carbons (Fsp3) is 0.412. The number of aldehydes is 1. The minimum atomic E-state index is -0.857. The summed E-state index contributed by atoms with van der Waals surface area (Å²) in [5.41, 5.74) is 4.27. The molecule has 2 fully saturated rings. The van der Waals surface area contributed by atoms with Crippen LogP contribution in [0, 0.1) is 0 Å². The van der Waals surface area contributed by atoms with Crippen LogP contribution in [-0.2, 0) is 5.41 Å². The van der Waals surface area contributed by atoms with E-state index in [1.54, 1.807) is 12.1 Å². The second-order valence-electron chi connectivity index (χ2n) is 11.8. The van der Waals surface area contributed by atoms with Crippen LogP contribution in [0.5, 0.6) is 11.5 Å². The molecule has 0 spiro atoms. The molecule has 0 aliphatic carbocycles. The molecular weight excluding hydrogens is 542 g/mol. The van der Waals surface area contributed by atoms with Crippen LogP contribution in [-0.4, -0.2) is 84.1 Å². The van der Waals surface area contributed by atoms with Crippen LogP contribution in [0.4, 0.5) is 5.95 Å². The van der Waals surface area contributed by atoms with Crippen molar-refractivity contribution in [1.82, 2.24) is 19.8 Å². The fourth-order valence-electron chi connectivity index (χ4n) is 6.84. The van der Waals surface area contributed by atoms with E-state index in [4.69, 9.17) is 14.5 Å². The second kappa shape index (κ2) is 12.8. The number of imidazole rings is 1. The normalized spacial score (nSPS) is 20.7. The van der Waals surface area contributed by atoms with Gasteiger partial charge in [0.1, 0.15) is 6.23 Å². The predicted molar refractivity (Wildman–Crippen MR) is 168 cm³/mol. The molecular formula is C34H41N5O4. The van der Waals surface area contributed by atoms with Gasteiger partial charge in [-0.25, -0.2) is 4.98 Å². The topological polar surface area (TPSA) is 103 Å². The summed E-state index contributed by atoms with van der Waals surface area (Å²) in [4.78, 5) is 24.6. The van der Waals surface area contributed by atoms with Crippen molar-refractivity contribution in [2.75, 3.05) is 52.3 Å². The number of aromatic nitrogens is 2. The number of fused-ring (bicyclic) bond motifs is 1. The fourth-order valence-corrected chi connectivity index (χ4v) is 6.84. The van der Waals surface area contributed by atoms with Gasteiger partial charge in [-0.15, -0.1) is 0 Å². The third-order valence-corrected chi connectivity index (χ3v) is 9.29. The lowest BCUT2D eigenvalue weighted by Crippen LogP contribution is -2.42. The largest absolute Gasteiger partial charge is 0.493 e. The maximum atomic E-state index is 11.8. The highest BCUT2D eigenvalue weighted by atomic mass is 16.5. The molecule has 6 rings (SSSR count). The molecule has 4 aromatic rings. The highest BCUT2D eigenvalue weighted by Crippen LogP contribution is 2.42. The average molecular weight is 584 g/mol. The van der Waals surface area contributed by atoms with Gasteiger partial charge in [0.25, 0.3) is 0 Å². The zero-order chi connectivity index (χ0) is 29.8. The number of likely N-dealkylation sites (tertiary alicyclic amines) is 2. The number of methoxy groups -OCH3 is 2. The summed E-state index contributed by atoms with van der Waals surface area (Å²) in [6.07, 6.45) is 3.98. The number of aliphatic hydroxyl groups excluding tert-OH is 1. The molecule has 9 heteroatoms. The molecule has 3 N–H and O–H groups in total. The molecule has 43 heavy (non-hydrogen) atoms. The predicted octanol–water partition coefficient (Wildman–Crippen LogP) is 4.99. The Balaban J connectivity index is 1.11. The van der Waals surface area contributed by atoms with E-state index in [0.29, 0.717) is 28.7 Å². The maximum absolute atomic E-state index is 11.8. The SMILES string of the molecule is COc1cc(C(O)N2CCC(CCN3CCC(Nc4nc5ccccc5[nH]4)CC3)(c3ccccc3)C2)cc(C=O)c1OC. The van der Waals surface area contributed by atoms with Gasteiger partial charge in [-0.1, -0.05) is 42.5 Å². The Bertz CT molecular complexity index is 1500. The van der Waals surface area contributed by atoms with Gasteiger partial charge < -0.3 is 29.8 Å². The van der Waals surface area contributed by atoms with Crippen molar-refractivity contribution < 1.29 is 19.4 Å². The first-order chi connectivity index (χ1) is 21.0. The quantitative estimate of drug-likeness (QED) is 0.212. The third kappa shape index (κ3) is 6.11. The monoisotopic (exact) mass is 583 g/mol. The van der Waals surface area contributed by atoms with E-state index >= 15 is 0 Å². The zero-order valence-electron chi connectivity index (χ0n) is 25.0. The third-order valence-electron chi connectivity index (χ3n) is 9.29. The lowest BCUT2D eigenvalue weighted by molar-refractivity contribution is 0.0137. The maximum Gasteiger partial charge on any atom is 0.201 e. The number of ether oxygens (including phenoxy) is 2. The van der Waals surface area contributed by atoms with Crippen LogP contribution < -0.4 is 14.8 Å². The molecule has 0 bridgehead atoms. The second-order valence-corrected chi connectivity index (χ2v) is 11.8. The lowest BCUT2D eigenvalue weighted by Gasteiger charge is -2.37. The Morgan fingerprint density at radius 1 is 1.07 bits per heavy atom. The molecule has 2 saturated heterocycles. The van der Waals surface area contributed by atoms with Crippen molar-refractivity contribution in [1.29, 1.82) is 0 Å². The van der Waals surface area contributed by atoms with Crippen LogP contribution in [0.2, 0.25) is 0 Å². The van der Waals surface area contributed by atoms with Crippen LogP contribution >= 0.6 is 0 Å². The van der Waals surface area contributed by atoms with Gasteiger partial charge in [-0.3, -0.25) is 9.69 Å². The Hall–Kier alpha value is -3.92. The highest BCUT2D eigenvalue weighted by molar-refractivity contribution is 5.82. The first kappa shape index (κ1) is 29.2. The molecule has 9 nitrogen and oxygen atoms in total. The molecule has 3 aromatic carbocycles. The van der Waals surface area contributed by atoms with Crippen molar-refractivity contribution in [2.45, 2.75) is 43.4 Å². The van der Waals surface area contributed by atoms with Crippen molar-refractivity contribution in [3.63, 3.8) is 0 Å². The summed E-state index contributed by atoms with van der Waals surface area (Å²) >= 11 is 0. The number of nitrogens with one attached hydrogen (secondary N) is 2. The van der Waals surface area contributed by atoms with E-state index in [9.17, 15) is 9.90 Å². The Labute approximate surface area is 252 Å². The smallest absolute Gasteiger partial charge is 0.201 e. The number of benzene rings is 3. The summed E-state index contributed by atoms with van der Waals surface area (Å²) in [7, 11) is 3.05. The molecule has 2 aliphatic heterocycles. The summed E-state index contributed by atoms with van der Waals surface area (Å²) in [5.74, 6) is 1.67. The number of nitrogens with zero attached hydrogens (tertiary/aromatic N) is 3. The Kier molecular flexibility index (Phi) is 8.65. The van der Waals surface area contributed by atoms with Crippen molar-refractivity contribution in [3.05, 3.63) is 83.4 Å². The van der Waals surface area contributed by atoms with Crippen LogP contribution in [0.15, 0.2) is 66.7 Å². The minimum absolute atomic E-state index is 0.0738. The van der Waals surface area contributed by atoms with E-state index in [-0.39, 0.29) is 5.41 Å². The summed E-state index contributed by atoms with van der Waals surface area (Å²) in [5, 5.41) is 15.1. The van der Waals surface area contributed by atoms with Crippen molar-refractivity contribution in [3.8, 4) is 11.5 Å². The average Bonchev–Trinajstić information content (AvgIpc) is 3.68. The first-order valence-corrected chi connectivity index (χ1v) is 15.1. The van der Waals surface area contributed by atoms with Gasteiger partial charge in [0.2, 0.25) is 5.95 Å². The van der Waals surface area contributed by atoms with Gasteiger partial charge in [0.05, 0.1) is 30.8 Å². The summed E-state index contributed by atoms with van der Waals surface area (Å²) in [6, 6.07) is 22.7. The van der Waals surface area contributed by atoms with Crippen molar-refractivity contribution in [2.24, 2.45) is 0 Å². The van der Waals surface area contributed by atoms with Crippen LogP contribution in [0.25, 0.3) is 11.0 Å². The summed E-state index contributed by atoms with van der Waals surface area (Å²) in [6.45, 7) is 4.56. The van der Waals surface area contributed by atoms with Gasteiger partial charge in [0, 0.05) is 37.6 Å². The molecule has 3 heterocycles. The van der Waals surface area contributed by atoms with Crippen molar-refractivity contribution >= 4 is 23.3 Å². The first-order valence-electron chi connectivity index (χ1n) is 15.1. The standard InChI is InChI=1S/C34H41N5O4/c1-42-30-21-24(20-25(22-40)31(30)43-2)32(41)39-19-15-34(23-39,26-8-4-3-5-9-26)14-18-38-16-12-27(13-17-38)35-33-36-28-10-6-7-11-29(28)37-33/h3-11,20-22,27,32,41H,12-19,23H2,1-2H3,(H2,35,36,37). The zero-order valence-corrected chi connectivity index (χ0v) is 25.0. The lowest BCUT2D eigenvalue weighted by atomic mass is 9.76. The van der Waals surface area contributed by atoms with E-state index < -0.39 is 6.23 Å². The number of carbonyl (C=O) groups is 1. The van der Waals surface area contributed by atoms with E-state index in [2.05, 4.69) is 56.5 Å². The minimum Gasteiger partial charge on any atom is -0.493 e. The van der Waals surface area contributed by atoms with Crippen LogP contribution in [0.3, 0.4) is 0 Å². The molecule has 226 valence electrons. The number of rotatable bonds is 11. The molecule has 2 atom stereocenters. The summed E-state index contributed by atoms with van der Waals surface area (Å²) < 4.78 is 10.9. The van der Waals surface area contributed by atoms with Gasteiger partial charge in [0.15, 0.2) is 17.8 Å². The van der Waals surface area contributed by atoms with E-state index in [0.717, 1.165) is 81.7 Å². The number of aliphatic hydroxyl groups is 1. The highest BCUT2D eigenvalue weighted by Gasteiger charge is 2.42. The molecule has 0 saturated carbocycles. The van der Waals surface area contributed by atoms with Gasteiger partial charge >= 0.3 is 0 Å². The molecule has 0 amide bonds. The number of H-pyrrole nitrogens is 1. The number of carbonyl (C=O) groups excluding carboxylic acids is 1. The number of para-hydroxylation sites is 2.